The Hall–Kier alpha value is -0.300. The summed E-state index contributed by atoms with van der Waals surface area (Å²) in [4.78, 5) is 0. The number of alkyl halides is 1. The molecule has 0 aromatic heterocycles. The van der Waals surface area contributed by atoms with Gasteiger partial charge in [0.2, 0.25) is 0 Å². The minimum Gasteiger partial charge on any atom is -0.0998 e. The van der Waals surface area contributed by atoms with Crippen molar-refractivity contribution in [3.05, 3.63) is 35.5 Å². The molecule has 0 spiro atoms. The maximum absolute atomic E-state index is 4.07. The van der Waals surface area contributed by atoms with Gasteiger partial charge in [0.15, 0.2) is 0 Å². The van der Waals surface area contributed by atoms with E-state index in [0.717, 1.165) is 11.2 Å². The molecule has 1 heteroatoms. The molecule has 1 aliphatic carbocycles. The zero-order valence-electron chi connectivity index (χ0n) is 11.3. The van der Waals surface area contributed by atoms with E-state index in [1.807, 2.05) is 0 Å². The van der Waals surface area contributed by atoms with Crippen molar-refractivity contribution in [3.8, 4) is 0 Å². The highest BCUT2D eigenvalue weighted by Crippen LogP contribution is 2.30. The number of hydrogen-bond donors (Lipinski definition) is 0. The Kier molecular flexibility index (Phi) is 6.87. The maximum Gasteiger partial charge on any atom is 0.00684 e. The largest absolute Gasteiger partial charge is 0.0998 e. The van der Waals surface area contributed by atoms with E-state index in [0.29, 0.717) is 0 Å². The molecule has 0 saturated carbocycles. The number of hydrogen-bond acceptors (Lipinski definition) is 0. The van der Waals surface area contributed by atoms with Gasteiger partial charge in [-0.05, 0) is 58.3 Å². The molecule has 0 N–H and O–H groups in total. The zero-order valence-corrected chi connectivity index (χ0v) is 12.9. The zero-order chi connectivity index (χ0) is 12.7. The van der Waals surface area contributed by atoms with Crippen LogP contribution in [-0.4, -0.2) is 5.33 Å². The highest BCUT2D eigenvalue weighted by Gasteiger charge is 2.14. The van der Waals surface area contributed by atoms with Crippen LogP contribution in [0.25, 0.3) is 0 Å². The van der Waals surface area contributed by atoms with Gasteiger partial charge in [-0.25, -0.2) is 0 Å². The van der Waals surface area contributed by atoms with Crippen molar-refractivity contribution in [2.75, 3.05) is 5.33 Å². The molecule has 0 aliphatic heterocycles. The highest BCUT2D eigenvalue weighted by molar-refractivity contribution is 9.09. The van der Waals surface area contributed by atoms with Gasteiger partial charge < -0.3 is 0 Å². The van der Waals surface area contributed by atoms with Crippen molar-refractivity contribution in [3.63, 3.8) is 0 Å². The molecule has 0 amide bonds. The van der Waals surface area contributed by atoms with Crippen molar-refractivity contribution in [2.45, 2.75) is 52.4 Å². The molecule has 96 valence electrons. The van der Waals surface area contributed by atoms with E-state index in [9.17, 15) is 0 Å². The summed E-state index contributed by atoms with van der Waals surface area (Å²) in [7, 11) is 0. The van der Waals surface area contributed by atoms with Crippen LogP contribution in [0.2, 0.25) is 0 Å². The molecule has 0 bridgehead atoms. The maximum atomic E-state index is 4.07. The number of allylic oxidation sites excluding steroid dienone is 5. The van der Waals surface area contributed by atoms with Crippen molar-refractivity contribution < 1.29 is 0 Å². The molecule has 17 heavy (non-hydrogen) atoms. The third kappa shape index (κ3) is 5.72. The Morgan fingerprint density at radius 1 is 1.53 bits per heavy atom. The minimum atomic E-state index is 0.740. The van der Waals surface area contributed by atoms with Crippen LogP contribution in [0.3, 0.4) is 0 Å². The van der Waals surface area contributed by atoms with Crippen molar-refractivity contribution in [2.24, 2.45) is 5.92 Å². The summed E-state index contributed by atoms with van der Waals surface area (Å²) in [6.07, 6.45) is 12.3. The Bertz CT molecular complexity index is 309. The lowest BCUT2D eigenvalue weighted by atomic mass is 9.84. The molecule has 0 aromatic carbocycles. The van der Waals surface area contributed by atoms with Gasteiger partial charge in [-0.3, -0.25) is 0 Å². The molecule has 0 heterocycles. The molecule has 1 atom stereocenters. The second-order valence-corrected chi connectivity index (χ2v) is 6.00. The molecular formula is C16H25Br. The average Bonchev–Trinajstić information content (AvgIpc) is 2.30. The van der Waals surface area contributed by atoms with Gasteiger partial charge in [0, 0.05) is 5.33 Å². The number of halogens is 1. The third-order valence-corrected chi connectivity index (χ3v) is 4.05. The fourth-order valence-corrected chi connectivity index (χ4v) is 2.94. The standard InChI is InChI=1S/C16H25Br/c1-13(2)16-9-7-15(8-10-16)6-4-5-14(3)11-12-17/h5,7,16H,1,4,6,8-12H2,2-3H3/b14-5+. The van der Waals surface area contributed by atoms with Gasteiger partial charge in [-0.15, -0.1) is 0 Å². The van der Waals surface area contributed by atoms with Crippen LogP contribution in [0, 0.1) is 5.92 Å². The Morgan fingerprint density at radius 3 is 2.82 bits per heavy atom. The highest BCUT2D eigenvalue weighted by atomic mass is 79.9. The van der Waals surface area contributed by atoms with E-state index in [-0.39, 0.29) is 0 Å². The first-order valence-corrected chi connectivity index (χ1v) is 7.80. The molecule has 0 aromatic rings. The van der Waals surface area contributed by atoms with E-state index >= 15 is 0 Å². The van der Waals surface area contributed by atoms with Gasteiger partial charge in [-0.2, -0.15) is 0 Å². The SMILES string of the molecule is C=C(C)C1CC=C(CC/C=C(\C)CCBr)CC1. The van der Waals surface area contributed by atoms with E-state index in [1.165, 1.54) is 49.7 Å². The van der Waals surface area contributed by atoms with Crippen molar-refractivity contribution >= 4 is 15.9 Å². The number of rotatable bonds is 6. The van der Waals surface area contributed by atoms with Crippen LogP contribution in [0.4, 0.5) is 0 Å². The summed E-state index contributed by atoms with van der Waals surface area (Å²) in [6, 6.07) is 0. The van der Waals surface area contributed by atoms with Crippen LogP contribution in [0.5, 0.6) is 0 Å². The summed E-state index contributed by atoms with van der Waals surface area (Å²) in [5, 5.41) is 1.08. The van der Waals surface area contributed by atoms with Crippen LogP contribution in [0.1, 0.15) is 52.4 Å². The minimum absolute atomic E-state index is 0.740. The van der Waals surface area contributed by atoms with Crippen LogP contribution in [0.15, 0.2) is 35.5 Å². The fraction of sp³-hybridized carbons (Fsp3) is 0.625. The lowest BCUT2D eigenvalue weighted by Gasteiger charge is -2.21. The third-order valence-electron chi connectivity index (χ3n) is 3.65. The average molecular weight is 297 g/mol. The van der Waals surface area contributed by atoms with Gasteiger partial charge in [0.1, 0.15) is 0 Å². The van der Waals surface area contributed by atoms with E-state index < -0.39 is 0 Å². The predicted octanol–water partition coefficient (Wildman–Crippen LogP) is 5.80. The van der Waals surface area contributed by atoms with E-state index in [4.69, 9.17) is 0 Å². The Labute approximate surface area is 115 Å². The molecule has 0 radical (unpaired) electrons. The Balaban J connectivity index is 2.30. The van der Waals surface area contributed by atoms with Gasteiger partial charge >= 0.3 is 0 Å². The van der Waals surface area contributed by atoms with Crippen molar-refractivity contribution in [1.82, 2.24) is 0 Å². The fourth-order valence-electron chi connectivity index (χ4n) is 2.32. The summed E-state index contributed by atoms with van der Waals surface area (Å²) in [5.74, 6) is 0.740. The summed E-state index contributed by atoms with van der Waals surface area (Å²) < 4.78 is 0. The summed E-state index contributed by atoms with van der Waals surface area (Å²) in [5.41, 5.74) is 4.52. The van der Waals surface area contributed by atoms with Gasteiger partial charge in [0.25, 0.3) is 0 Å². The molecule has 1 rings (SSSR count). The summed E-state index contributed by atoms with van der Waals surface area (Å²) in [6.45, 7) is 8.46. The van der Waals surface area contributed by atoms with Crippen molar-refractivity contribution in [1.29, 1.82) is 0 Å². The van der Waals surface area contributed by atoms with Crippen LogP contribution in [-0.2, 0) is 0 Å². The molecule has 1 unspecified atom stereocenters. The summed E-state index contributed by atoms with van der Waals surface area (Å²) >= 11 is 3.48. The predicted molar refractivity (Wildman–Crippen MR) is 81.6 cm³/mol. The molecular weight excluding hydrogens is 272 g/mol. The van der Waals surface area contributed by atoms with E-state index in [2.05, 4.69) is 48.5 Å². The second kappa shape index (κ2) is 7.92. The van der Waals surface area contributed by atoms with Crippen LogP contribution < -0.4 is 0 Å². The second-order valence-electron chi connectivity index (χ2n) is 5.21. The lowest BCUT2D eigenvalue weighted by molar-refractivity contribution is 0.531. The molecule has 1 aliphatic rings. The Morgan fingerprint density at radius 2 is 2.29 bits per heavy atom. The monoisotopic (exact) mass is 296 g/mol. The first-order valence-electron chi connectivity index (χ1n) is 6.68. The first-order chi connectivity index (χ1) is 8.13. The van der Waals surface area contributed by atoms with Gasteiger partial charge in [0.05, 0.1) is 0 Å². The van der Waals surface area contributed by atoms with E-state index in [1.54, 1.807) is 5.57 Å². The topological polar surface area (TPSA) is 0 Å². The lowest BCUT2D eigenvalue weighted by Crippen LogP contribution is -2.06. The van der Waals surface area contributed by atoms with Crippen LogP contribution >= 0.6 is 15.9 Å². The normalized spacial score (nSPS) is 21.2. The molecule has 0 saturated heterocycles. The molecule has 0 nitrogen and oxygen atoms in total. The van der Waals surface area contributed by atoms with Gasteiger partial charge in [-0.1, -0.05) is 51.4 Å². The quantitative estimate of drug-likeness (QED) is 0.429. The first kappa shape index (κ1) is 14.8. The molecule has 0 fully saturated rings. The smallest absolute Gasteiger partial charge is 0.00684 e.